The van der Waals surface area contributed by atoms with Crippen LogP contribution in [0.5, 0.6) is 0 Å². The molecular weight excluding hydrogens is 264 g/mol. The highest BCUT2D eigenvalue weighted by atomic mass is 32.2. The van der Waals surface area contributed by atoms with E-state index < -0.39 is 0 Å². The minimum absolute atomic E-state index is 0.501. The smallest absolute Gasteiger partial charge is 0.103 e. The van der Waals surface area contributed by atoms with Crippen molar-refractivity contribution >= 4 is 17.4 Å². The second-order valence-corrected chi connectivity index (χ2v) is 6.33. The summed E-state index contributed by atoms with van der Waals surface area (Å²) in [4.78, 5) is 3.51. The molecule has 0 aromatic heterocycles. The number of nitrogens with zero attached hydrogens (tertiary/aromatic N) is 2. The molecule has 0 aliphatic carbocycles. The Morgan fingerprint density at radius 1 is 1.25 bits per heavy atom. The van der Waals surface area contributed by atoms with Crippen molar-refractivity contribution in [2.75, 3.05) is 17.7 Å². The van der Waals surface area contributed by atoms with Gasteiger partial charge in [0.15, 0.2) is 0 Å². The van der Waals surface area contributed by atoms with Gasteiger partial charge in [-0.1, -0.05) is 33.8 Å². The van der Waals surface area contributed by atoms with E-state index in [0.717, 1.165) is 35.5 Å². The molecule has 0 radical (unpaired) electrons. The van der Waals surface area contributed by atoms with Crippen molar-refractivity contribution in [3.05, 3.63) is 23.8 Å². The summed E-state index contributed by atoms with van der Waals surface area (Å²) in [5, 5.41) is 9.55. The van der Waals surface area contributed by atoms with Crippen LogP contribution in [0.4, 0.5) is 5.69 Å². The first kappa shape index (κ1) is 16.9. The highest BCUT2D eigenvalue weighted by Gasteiger charge is 2.21. The second-order valence-electron chi connectivity index (χ2n) is 5.48. The molecule has 0 saturated heterocycles. The topological polar surface area (TPSA) is 27.0 Å². The van der Waals surface area contributed by atoms with Crippen molar-refractivity contribution in [1.29, 1.82) is 5.26 Å². The van der Waals surface area contributed by atoms with Gasteiger partial charge in [0.2, 0.25) is 0 Å². The van der Waals surface area contributed by atoms with E-state index in [1.54, 1.807) is 11.8 Å². The van der Waals surface area contributed by atoms with E-state index in [4.69, 9.17) is 0 Å². The van der Waals surface area contributed by atoms with E-state index in [2.05, 4.69) is 50.8 Å². The van der Waals surface area contributed by atoms with E-state index in [-0.39, 0.29) is 0 Å². The zero-order chi connectivity index (χ0) is 15.1. The van der Waals surface area contributed by atoms with Crippen LogP contribution in [-0.2, 0) is 0 Å². The molecular formula is C17H26N2S. The first-order valence-electron chi connectivity index (χ1n) is 7.42. The van der Waals surface area contributed by atoms with Gasteiger partial charge in [-0.3, -0.25) is 0 Å². The van der Waals surface area contributed by atoms with Crippen LogP contribution in [0.2, 0.25) is 0 Å². The van der Waals surface area contributed by atoms with Gasteiger partial charge in [-0.25, -0.2) is 0 Å². The molecule has 0 amide bonds. The van der Waals surface area contributed by atoms with Crippen LogP contribution in [0.1, 0.15) is 46.1 Å². The summed E-state index contributed by atoms with van der Waals surface area (Å²) in [6.07, 6.45) is 4.25. The van der Waals surface area contributed by atoms with Gasteiger partial charge in [-0.2, -0.15) is 5.26 Å². The molecule has 1 aromatic carbocycles. The Kier molecular flexibility index (Phi) is 6.95. The molecule has 110 valence electrons. The monoisotopic (exact) mass is 290 g/mol. The van der Waals surface area contributed by atoms with Gasteiger partial charge in [0.25, 0.3) is 0 Å². The van der Waals surface area contributed by atoms with E-state index in [9.17, 15) is 5.26 Å². The summed E-state index contributed by atoms with van der Waals surface area (Å²) in [6.45, 7) is 9.93. The molecule has 1 rings (SSSR count). The molecule has 0 aliphatic rings. The normalized spacial score (nSPS) is 10.9. The Labute approximate surface area is 128 Å². The maximum absolute atomic E-state index is 9.55. The van der Waals surface area contributed by atoms with E-state index >= 15 is 0 Å². The van der Waals surface area contributed by atoms with Crippen molar-refractivity contribution in [3.63, 3.8) is 0 Å². The van der Waals surface area contributed by atoms with Gasteiger partial charge in [0.1, 0.15) is 6.07 Å². The number of rotatable bonds is 7. The third kappa shape index (κ3) is 3.93. The first-order valence-corrected chi connectivity index (χ1v) is 8.65. The van der Waals surface area contributed by atoms with Gasteiger partial charge < -0.3 is 4.90 Å². The van der Waals surface area contributed by atoms with Crippen molar-refractivity contribution < 1.29 is 0 Å². The van der Waals surface area contributed by atoms with Gasteiger partial charge >= 0.3 is 0 Å². The summed E-state index contributed by atoms with van der Waals surface area (Å²) in [7, 11) is 0. The molecule has 0 bridgehead atoms. The Morgan fingerprint density at radius 3 is 2.35 bits per heavy atom. The molecule has 0 unspecified atom stereocenters. The molecule has 0 atom stereocenters. The third-order valence-electron chi connectivity index (χ3n) is 3.59. The van der Waals surface area contributed by atoms with Crippen LogP contribution in [0.15, 0.2) is 23.1 Å². The lowest BCUT2D eigenvalue weighted by Gasteiger charge is -2.35. The lowest BCUT2D eigenvalue weighted by molar-refractivity contribution is 0.507. The molecule has 0 saturated carbocycles. The van der Waals surface area contributed by atoms with Gasteiger partial charge in [0, 0.05) is 17.5 Å². The van der Waals surface area contributed by atoms with Gasteiger partial charge in [-0.15, -0.1) is 11.8 Å². The second kappa shape index (κ2) is 8.21. The lowest BCUT2D eigenvalue weighted by Crippen LogP contribution is -2.38. The van der Waals surface area contributed by atoms with Gasteiger partial charge in [0.05, 0.1) is 11.3 Å². The van der Waals surface area contributed by atoms with Crippen molar-refractivity contribution in [2.45, 2.75) is 51.5 Å². The Hall–Kier alpha value is -1.14. The standard InChI is InChI=1S/C17H26N2S/c1-6-14(7-2)19(12-13(3)4)16-9-8-10-17(20-5)15(16)11-18/h8-10,13-14H,6-7,12H2,1-5H3. The Bertz CT molecular complexity index is 459. The zero-order valence-corrected chi connectivity index (χ0v) is 14.1. The molecule has 3 heteroatoms. The first-order chi connectivity index (χ1) is 9.58. The van der Waals surface area contributed by atoms with Gasteiger partial charge in [-0.05, 0) is 37.1 Å². The highest BCUT2D eigenvalue weighted by molar-refractivity contribution is 7.98. The molecule has 2 nitrogen and oxygen atoms in total. The van der Waals surface area contributed by atoms with E-state index in [1.807, 2.05) is 12.3 Å². The fourth-order valence-electron chi connectivity index (χ4n) is 2.61. The minimum atomic E-state index is 0.501. The van der Waals surface area contributed by atoms with Crippen LogP contribution in [-0.4, -0.2) is 18.8 Å². The molecule has 1 aromatic rings. The lowest BCUT2D eigenvalue weighted by atomic mass is 10.0. The molecule has 20 heavy (non-hydrogen) atoms. The number of hydrogen-bond donors (Lipinski definition) is 0. The van der Waals surface area contributed by atoms with E-state index in [0.29, 0.717) is 12.0 Å². The molecule has 0 N–H and O–H groups in total. The van der Waals surface area contributed by atoms with Crippen molar-refractivity contribution in [2.24, 2.45) is 5.92 Å². The van der Waals surface area contributed by atoms with Crippen molar-refractivity contribution in [3.8, 4) is 6.07 Å². The summed E-state index contributed by atoms with van der Waals surface area (Å²) in [5.41, 5.74) is 1.93. The number of benzene rings is 1. The number of thioether (sulfide) groups is 1. The fraction of sp³-hybridized carbons (Fsp3) is 0.588. The Balaban J connectivity index is 3.30. The predicted molar refractivity (Wildman–Crippen MR) is 89.5 cm³/mol. The predicted octanol–water partition coefficient (Wildman–Crippen LogP) is 4.93. The van der Waals surface area contributed by atoms with E-state index in [1.165, 1.54) is 0 Å². The molecule has 0 heterocycles. The maximum atomic E-state index is 9.55. The molecule has 0 aliphatic heterocycles. The van der Waals surface area contributed by atoms with Crippen LogP contribution >= 0.6 is 11.8 Å². The SMILES string of the molecule is CCC(CC)N(CC(C)C)c1cccc(SC)c1C#N. The number of hydrogen-bond acceptors (Lipinski definition) is 3. The quantitative estimate of drug-likeness (QED) is 0.666. The zero-order valence-electron chi connectivity index (χ0n) is 13.3. The minimum Gasteiger partial charge on any atom is -0.367 e. The molecule has 0 spiro atoms. The average molecular weight is 290 g/mol. The fourth-order valence-corrected chi connectivity index (χ4v) is 3.18. The summed E-state index contributed by atoms with van der Waals surface area (Å²) >= 11 is 1.65. The maximum Gasteiger partial charge on any atom is 0.103 e. The third-order valence-corrected chi connectivity index (χ3v) is 4.37. The van der Waals surface area contributed by atoms with Crippen LogP contribution < -0.4 is 4.90 Å². The molecule has 0 fully saturated rings. The largest absolute Gasteiger partial charge is 0.367 e. The summed E-state index contributed by atoms with van der Waals surface area (Å²) in [6, 6.07) is 9.11. The average Bonchev–Trinajstić information content (AvgIpc) is 2.46. The van der Waals surface area contributed by atoms with Crippen LogP contribution in [0.3, 0.4) is 0 Å². The van der Waals surface area contributed by atoms with Crippen LogP contribution in [0, 0.1) is 17.2 Å². The Morgan fingerprint density at radius 2 is 1.90 bits per heavy atom. The summed E-state index contributed by atoms with van der Waals surface area (Å²) < 4.78 is 0. The number of anilines is 1. The van der Waals surface area contributed by atoms with Crippen molar-refractivity contribution in [1.82, 2.24) is 0 Å². The highest BCUT2D eigenvalue weighted by Crippen LogP contribution is 2.31. The summed E-state index contributed by atoms with van der Waals surface area (Å²) in [5.74, 6) is 0.583. The number of nitriles is 1. The van der Waals surface area contributed by atoms with Crippen LogP contribution in [0.25, 0.3) is 0 Å².